The summed E-state index contributed by atoms with van der Waals surface area (Å²) in [6.45, 7) is 1.98. The van der Waals surface area contributed by atoms with Crippen LogP contribution in [0, 0.1) is 6.92 Å². The Morgan fingerprint density at radius 1 is 1.10 bits per heavy atom. The van der Waals surface area contributed by atoms with Crippen molar-refractivity contribution >= 4 is 17.3 Å². The number of carboxylic acids is 1. The summed E-state index contributed by atoms with van der Waals surface area (Å²) < 4.78 is 12.6. The number of ether oxygens (including phenoxy) is 2. The third-order valence-corrected chi connectivity index (χ3v) is 5.54. The third-order valence-electron chi connectivity index (χ3n) is 4.73. The van der Waals surface area contributed by atoms with Crippen LogP contribution in [0.15, 0.2) is 53.9 Å². The van der Waals surface area contributed by atoms with E-state index < -0.39 is 5.97 Å². The smallest absolute Gasteiger partial charge is 0.355 e. The van der Waals surface area contributed by atoms with Gasteiger partial charge in [0.25, 0.3) is 0 Å². The highest BCUT2D eigenvalue weighted by Crippen LogP contribution is 2.40. The van der Waals surface area contributed by atoms with Gasteiger partial charge in [0.05, 0.1) is 25.6 Å². The van der Waals surface area contributed by atoms with Crippen LogP contribution in [0.4, 0.5) is 0 Å². The Labute approximate surface area is 177 Å². The maximum atomic E-state index is 11.3. The Kier molecular flexibility index (Phi) is 5.24. The molecule has 0 radical (unpaired) electrons. The van der Waals surface area contributed by atoms with Gasteiger partial charge in [-0.25, -0.2) is 14.5 Å². The number of methoxy groups -OCH3 is 2. The fourth-order valence-corrected chi connectivity index (χ4v) is 4.03. The minimum Gasteiger partial charge on any atom is -0.497 e. The molecule has 0 fully saturated rings. The van der Waals surface area contributed by atoms with Crippen LogP contribution in [0.5, 0.6) is 11.5 Å². The van der Waals surface area contributed by atoms with Crippen molar-refractivity contribution in [3.8, 4) is 39.1 Å². The van der Waals surface area contributed by atoms with Crippen molar-refractivity contribution in [2.24, 2.45) is 0 Å². The molecule has 1 N–H and O–H groups in total. The molecule has 8 heteroatoms. The normalized spacial score (nSPS) is 10.8. The second-order valence-corrected chi connectivity index (χ2v) is 7.32. The van der Waals surface area contributed by atoms with Crippen molar-refractivity contribution in [3.63, 3.8) is 0 Å². The van der Waals surface area contributed by atoms with E-state index in [-0.39, 0.29) is 5.69 Å². The molecule has 2 heterocycles. The van der Waals surface area contributed by atoms with Gasteiger partial charge in [-0.2, -0.15) is 5.10 Å². The minimum absolute atomic E-state index is 0.0166. The average Bonchev–Trinajstić information content (AvgIpc) is 3.39. The highest BCUT2D eigenvalue weighted by molar-refractivity contribution is 7.12. The Morgan fingerprint density at radius 3 is 2.50 bits per heavy atom. The summed E-state index contributed by atoms with van der Waals surface area (Å²) in [6, 6.07) is 15.4. The number of aromatic carboxylic acids is 1. The first kappa shape index (κ1) is 19.7. The molecule has 0 saturated carbocycles. The second-order valence-electron chi connectivity index (χ2n) is 6.49. The lowest BCUT2D eigenvalue weighted by Crippen LogP contribution is -2.03. The molecule has 2 aromatic heterocycles. The molecule has 30 heavy (non-hydrogen) atoms. The zero-order valence-electron chi connectivity index (χ0n) is 16.6. The Bertz CT molecular complexity index is 1210. The molecule has 0 bridgehead atoms. The van der Waals surface area contributed by atoms with Gasteiger partial charge in [0.2, 0.25) is 5.13 Å². The largest absolute Gasteiger partial charge is 0.497 e. The van der Waals surface area contributed by atoms with E-state index in [1.54, 1.807) is 25.0 Å². The van der Waals surface area contributed by atoms with Gasteiger partial charge in [-0.05, 0) is 19.1 Å². The summed E-state index contributed by atoms with van der Waals surface area (Å²) >= 11 is 1.22. The number of thiazole rings is 1. The van der Waals surface area contributed by atoms with Gasteiger partial charge in [-0.3, -0.25) is 0 Å². The van der Waals surface area contributed by atoms with E-state index in [0.29, 0.717) is 16.6 Å². The maximum Gasteiger partial charge on any atom is 0.355 e. The number of aromatic nitrogens is 3. The van der Waals surface area contributed by atoms with E-state index in [0.717, 1.165) is 28.1 Å². The van der Waals surface area contributed by atoms with Gasteiger partial charge in [-0.1, -0.05) is 30.3 Å². The van der Waals surface area contributed by atoms with E-state index >= 15 is 0 Å². The van der Waals surface area contributed by atoms with Crippen LogP contribution < -0.4 is 9.47 Å². The van der Waals surface area contributed by atoms with Crippen molar-refractivity contribution in [2.45, 2.75) is 6.92 Å². The summed E-state index contributed by atoms with van der Waals surface area (Å²) in [5, 5.41) is 16.1. The number of hydrogen-bond donors (Lipinski definition) is 1. The number of rotatable bonds is 6. The number of benzene rings is 2. The summed E-state index contributed by atoms with van der Waals surface area (Å²) in [5.41, 5.74) is 4.24. The van der Waals surface area contributed by atoms with Crippen LogP contribution in [0.25, 0.3) is 27.6 Å². The fourth-order valence-electron chi connectivity index (χ4n) is 3.27. The van der Waals surface area contributed by atoms with Crippen LogP contribution >= 0.6 is 11.3 Å². The van der Waals surface area contributed by atoms with Crippen molar-refractivity contribution in [1.29, 1.82) is 0 Å². The molecule has 0 unspecified atom stereocenters. The average molecular weight is 421 g/mol. The third kappa shape index (κ3) is 3.42. The zero-order chi connectivity index (χ0) is 21.3. The summed E-state index contributed by atoms with van der Waals surface area (Å²) in [7, 11) is 3.19. The first-order valence-corrected chi connectivity index (χ1v) is 9.98. The fraction of sp³-hybridized carbons (Fsp3) is 0.136. The summed E-state index contributed by atoms with van der Waals surface area (Å²) in [5.74, 6) is 0.214. The predicted molar refractivity (Wildman–Crippen MR) is 115 cm³/mol. The van der Waals surface area contributed by atoms with E-state index in [1.165, 1.54) is 16.7 Å². The monoisotopic (exact) mass is 421 g/mol. The van der Waals surface area contributed by atoms with Gasteiger partial charge in [0.15, 0.2) is 5.69 Å². The summed E-state index contributed by atoms with van der Waals surface area (Å²) in [6.07, 6.45) is 0. The van der Waals surface area contributed by atoms with Gasteiger partial charge < -0.3 is 14.6 Å². The highest BCUT2D eigenvalue weighted by atomic mass is 32.1. The van der Waals surface area contributed by atoms with Crippen LogP contribution in [-0.2, 0) is 0 Å². The molecular formula is C22H19N3O4S. The Balaban J connectivity index is 1.98. The first-order valence-electron chi connectivity index (χ1n) is 9.10. The quantitative estimate of drug-likeness (QED) is 0.486. The Morgan fingerprint density at radius 2 is 1.87 bits per heavy atom. The van der Waals surface area contributed by atoms with Gasteiger partial charge in [-0.15, -0.1) is 11.3 Å². The van der Waals surface area contributed by atoms with Crippen molar-refractivity contribution in [3.05, 3.63) is 65.2 Å². The molecule has 0 aliphatic carbocycles. The van der Waals surface area contributed by atoms with Gasteiger partial charge in [0.1, 0.15) is 11.5 Å². The lowest BCUT2D eigenvalue weighted by Gasteiger charge is -2.12. The Hall–Kier alpha value is -3.65. The molecule has 0 saturated heterocycles. The topological polar surface area (TPSA) is 86.5 Å². The zero-order valence-corrected chi connectivity index (χ0v) is 17.4. The molecule has 0 aliphatic heterocycles. The van der Waals surface area contributed by atoms with E-state index in [2.05, 4.69) is 4.98 Å². The molecule has 152 valence electrons. The highest BCUT2D eigenvalue weighted by Gasteiger charge is 2.23. The van der Waals surface area contributed by atoms with Gasteiger partial charge >= 0.3 is 5.97 Å². The van der Waals surface area contributed by atoms with E-state index in [1.807, 2.05) is 49.4 Å². The maximum absolute atomic E-state index is 11.3. The lowest BCUT2D eigenvalue weighted by atomic mass is 10.0. The van der Waals surface area contributed by atoms with E-state index in [9.17, 15) is 9.90 Å². The molecule has 2 aromatic carbocycles. The molecule has 0 aliphatic rings. The minimum atomic E-state index is -1.08. The number of nitrogens with zero attached hydrogens (tertiary/aromatic N) is 3. The summed E-state index contributed by atoms with van der Waals surface area (Å²) in [4.78, 5) is 15.6. The number of carboxylic acid groups (broad SMARTS) is 1. The molecule has 4 aromatic rings. The van der Waals surface area contributed by atoms with Crippen LogP contribution in [-0.4, -0.2) is 40.1 Å². The standard InChI is InChI=1S/C22H19N3O4S/c1-13-19(14-7-5-4-6-8-14)24-25(22-23-17(12-30-22)21(26)27)20(13)16-10-9-15(28-2)11-18(16)29-3/h4-12H,1-3H3,(H,26,27). The van der Waals surface area contributed by atoms with Gasteiger partial charge in [0, 0.05) is 28.1 Å². The van der Waals surface area contributed by atoms with Crippen LogP contribution in [0.1, 0.15) is 16.1 Å². The first-order chi connectivity index (χ1) is 14.5. The lowest BCUT2D eigenvalue weighted by molar-refractivity contribution is 0.0691. The molecule has 0 atom stereocenters. The number of carbonyl (C=O) groups is 1. The van der Waals surface area contributed by atoms with Crippen LogP contribution in [0.3, 0.4) is 0 Å². The molecule has 0 spiro atoms. The van der Waals surface area contributed by atoms with E-state index in [4.69, 9.17) is 14.6 Å². The SMILES string of the molecule is COc1ccc(-c2c(C)c(-c3ccccc3)nn2-c2nc(C(=O)O)cs2)c(OC)c1. The molecule has 7 nitrogen and oxygen atoms in total. The molecule has 0 amide bonds. The second kappa shape index (κ2) is 8.00. The molecular weight excluding hydrogens is 402 g/mol. The van der Waals surface area contributed by atoms with Crippen molar-refractivity contribution < 1.29 is 19.4 Å². The van der Waals surface area contributed by atoms with Crippen molar-refractivity contribution in [2.75, 3.05) is 14.2 Å². The molecule has 4 rings (SSSR count). The van der Waals surface area contributed by atoms with Crippen molar-refractivity contribution in [1.82, 2.24) is 14.8 Å². The predicted octanol–water partition coefficient (Wildman–Crippen LogP) is 4.69. The van der Waals surface area contributed by atoms with Crippen LogP contribution in [0.2, 0.25) is 0 Å². The number of hydrogen-bond acceptors (Lipinski definition) is 6.